The second-order valence-corrected chi connectivity index (χ2v) is 5.07. The normalized spacial score (nSPS) is 11.9. The average molecular weight is 297 g/mol. The Balaban J connectivity index is 2.23. The van der Waals surface area contributed by atoms with Gasteiger partial charge in [0.15, 0.2) is 0 Å². The van der Waals surface area contributed by atoms with Gasteiger partial charge in [-0.3, -0.25) is 15.0 Å². The number of hydrogen-bond acceptors (Lipinski definition) is 3. The van der Waals surface area contributed by atoms with Crippen molar-refractivity contribution < 1.29 is 9.59 Å². The highest BCUT2D eigenvalue weighted by molar-refractivity contribution is 5.96. The molecule has 22 heavy (non-hydrogen) atoms. The van der Waals surface area contributed by atoms with Crippen LogP contribution in [-0.2, 0) is 11.3 Å². The molecule has 0 saturated heterocycles. The van der Waals surface area contributed by atoms with Crippen molar-refractivity contribution in [3.05, 3.63) is 71.8 Å². The summed E-state index contributed by atoms with van der Waals surface area (Å²) in [6, 6.07) is 17.7. The molecule has 2 aromatic carbocycles. The minimum atomic E-state index is -0.848. The molecule has 0 unspecified atom stereocenters. The van der Waals surface area contributed by atoms with Gasteiger partial charge < -0.3 is 5.73 Å². The fraction of sp³-hybridized carbons (Fsp3) is 0.176. The molecule has 2 rings (SSSR count). The molecule has 0 aliphatic carbocycles. The van der Waals surface area contributed by atoms with Gasteiger partial charge in [-0.2, -0.15) is 0 Å². The van der Waals surface area contributed by atoms with E-state index in [4.69, 9.17) is 5.73 Å². The van der Waals surface area contributed by atoms with Crippen LogP contribution in [0.25, 0.3) is 0 Å². The van der Waals surface area contributed by atoms with E-state index in [1.165, 1.54) is 0 Å². The first kappa shape index (κ1) is 15.7. The number of rotatable bonds is 5. The van der Waals surface area contributed by atoms with E-state index in [1.54, 1.807) is 0 Å². The predicted octanol–water partition coefficient (Wildman–Crippen LogP) is 2.05. The molecule has 5 nitrogen and oxygen atoms in total. The minimum Gasteiger partial charge on any atom is -0.351 e. The smallest absolute Gasteiger partial charge is 0.318 e. The first-order valence-electron chi connectivity index (χ1n) is 6.97. The van der Waals surface area contributed by atoms with E-state index in [-0.39, 0.29) is 0 Å². The lowest BCUT2D eigenvalue weighted by Gasteiger charge is -2.27. The van der Waals surface area contributed by atoms with Gasteiger partial charge in [-0.15, -0.1) is 0 Å². The van der Waals surface area contributed by atoms with Crippen molar-refractivity contribution in [3.8, 4) is 0 Å². The highest BCUT2D eigenvalue weighted by atomic mass is 16.2. The van der Waals surface area contributed by atoms with Crippen LogP contribution in [0.1, 0.15) is 17.2 Å². The number of amides is 3. The van der Waals surface area contributed by atoms with Crippen molar-refractivity contribution in [1.29, 1.82) is 0 Å². The lowest BCUT2D eigenvalue weighted by Crippen LogP contribution is -2.43. The number of imide groups is 1. The molecule has 0 heterocycles. The Morgan fingerprint density at radius 1 is 1.05 bits per heavy atom. The lowest BCUT2D eigenvalue weighted by atomic mass is 10.0. The van der Waals surface area contributed by atoms with Crippen LogP contribution in [-0.4, -0.2) is 23.9 Å². The molecular formula is C17H19N3O2. The third-order valence-electron chi connectivity index (χ3n) is 3.33. The van der Waals surface area contributed by atoms with Crippen LogP contribution in [0.2, 0.25) is 0 Å². The van der Waals surface area contributed by atoms with Gasteiger partial charge in [-0.25, -0.2) is 4.79 Å². The molecule has 0 saturated carbocycles. The van der Waals surface area contributed by atoms with Gasteiger partial charge in [0.25, 0.3) is 0 Å². The van der Waals surface area contributed by atoms with Gasteiger partial charge >= 0.3 is 6.03 Å². The third kappa shape index (κ3) is 4.17. The summed E-state index contributed by atoms with van der Waals surface area (Å²) >= 11 is 0. The molecular weight excluding hydrogens is 278 g/mol. The van der Waals surface area contributed by atoms with Gasteiger partial charge in [0.2, 0.25) is 5.91 Å². The minimum absolute atomic E-state index is 0.433. The molecule has 0 aliphatic rings. The maximum absolute atomic E-state index is 12.3. The topological polar surface area (TPSA) is 75.4 Å². The molecule has 0 radical (unpaired) electrons. The van der Waals surface area contributed by atoms with Gasteiger partial charge in [0.05, 0.1) is 0 Å². The zero-order valence-electron chi connectivity index (χ0n) is 12.4. The number of nitrogens with one attached hydrogen (secondary N) is 1. The third-order valence-corrected chi connectivity index (χ3v) is 3.33. The highest BCUT2D eigenvalue weighted by Crippen LogP contribution is 2.21. The first-order valence-corrected chi connectivity index (χ1v) is 6.97. The molecule has 0 fully saturated rings. The lowest BCUT2D eigenvalue weighted by molar-refractivity contribution is -0.125. The van der Waals surface area contributed by atoms with Crippen LogP contribution in [0.5, 0.6) is 0 Å². The summed E-state index contributed by atoms with van der Waals surface area (Å²) in [5.74, 6) is -0.433. The maximum Gasteiger partial charge on any atom is 0.318 e. The standard InChI is InChI=1S/C17H19N3O2/c1-20(12-13-8-4-2-5-9-13)15(16(21)19-17(18)22)14-10-6-3-7-11-14/h2-11,15H,12H2,1H3,(H3,18,19,21,22)/t15-/m0/s1. The zero-order valence-corrected chi connectivity index (χ0v) is 12.4. The molecule has 0 spiro atoms. The predicted molar refractivity (Wildman–Crippen MR) is 84.8 cm³/mol. The van der Waals surface area contributed by atoms with Crippen LogP contribution >= 0.6 is 0 Å². The molecule has 2 aromatic rings. The second kappa shape index (κ2) is 7.38. The molecule has 0 aromatic heterocycles. The number of hydrogen-bond donors (Lipinski definition) is 2. The molecule has 114 valence electrons. The number of carbonyl (C=O) groups is 2. The van der Waals surface area contributed by atoms with E-state index in [0.717, 1.165) is 11.1 Å². The Hall–Kier alpha value is -2.66. The van der Waals surface area contributed by atoms with Gasteiger partial charge in [-0.1, -0.05) is 60.7 Å². The largest absolute Gasteiger partial charge is 0.351 e. The summed E-state index contributed by atoms with van der Waals surface area (Å²) < 4.78 is 0. The molecule has 3 N–H and O–H groups in total. The summed E-state index contributed by atoms with van der Waals surface area (Å²) in [6.45, 7) is 0.576. The second-order valence-electron chi connectivity index (χ2n) is 5.07. The number of primary amides is 1. The molecule has 0 aliphatic heterocycles. The Morgan fingerprint density at radius 3 is 2.14 bits per heavy atom. The zero-order chi connectivity index (χ0) is 15.9. The fourth-order valence-corrected chi connectivity index (χ4v) is 2.39. The van der Waals surface area contributed by atoms with Crippen LogP contribution in [0.15, 0.2) is 60.7 Å². The average Bonchev–Trinajstić information content (AvgIpc) is 2.48. The van der Waals surface area contributed by atoms with Crippen molar-refractivity contribution in [2.45, 2.75) is 12.6 Å². The monoisotopic (exact) mass is 297 g/mol. The number of likely N-dealkylation sites (N-methyl/N-ethyl adjacent to an activating group) is 1. The van der Waals surface area contributed by atoms with Crippen LogP contribution in [0.3, 0.4) is 0 Å². The number of urea groups is 1. The van der Waals surface area contributed by atoms with Crippen molar-refractivity contribution >= 4 is 11.9 Å². The van der Waals surface area contributed by atoms with Crippen LogP contribution < -0.4 is 11.1 Å². The van der Waals surface area contributed by atoms with Crippen molar-refractivity contribution in [2.75, 3.05) is 7.05 Å². The van der Waals surface area contributed by atoms with Gasteiger partial charge in [0.1, 0.15) is 6.04 Å². The van der Waals surface area contributed by atoms with Crippen LogP contribution in [0.4, 0.5) is 4.79 Å². The van der Waals surface area contributed by atoms with Crippen LogP contribution in [0, 0.1) is 0 Å². The number of nitrogens with zero attached hydrogens (tertiary/aromatic N) is 1. The Bertz CT molecular complexity index is 629. The first-order chi connectivity index (χ1) is 10.6. The van der Waals surface area contributed by atoms with Gasteiger partial charge in [-0.05, 0) is 18.2 Å². The van der Waals surface area contributed by atoms with E-state index >= 15 is 0 Å². The highest BCUT2D eigenvalue weighted by Gasteiger charge is 2.26. The number of carbonyl (C=O) groups excluding carboxylic acids is 2. The van der Waals surface area contributed by atoms with E-state index in [1.807, 2.05) is 72.6 Å². The summed E-state index contributed by atoms with van der Waals surface area (Å²) in [6.07, 6.45) is 0. The number of nitrogens with two attached hydrogens (primary N) is 1. The van der Waals surface area contributed by atoms with Crippen molar-refractivity contribution in [1.82, 2.24) is 10.2 Å². The summed E-state index contributed by atoms with van der Waals surface area (Å²) in [4.78, 5) is 25.2. The fourth-order valence-electron chi connectivity index (χ4n) is 2.39. The summed E-state index contributed by atoms with van der Waals surface area (Å²) in [7, 11) is 1.84. The quantitative estimate of drug-likeness (QED) is 0.887. The molecule has 3 amide bonds. The van der Waals surface area contributed by atoms with Crippen molar-refractivity contribution in [3.63, 3.8) is 0 Å². The Kier molecular flexibility index (Phi) is 5.27. The summed E-state index contributed by atoms with van der Waals surface area (Å²) in [5, 5.41) is 2.17. The Labute approximate surface area is 129 Å². The van der Waals surface area contributed by atoms with E-state index < -0.39 is 18.0 Å². The number of benzene rings is 2. The van der Waals surface area contributed by atoms with E-state index in [2.05, 4.69) is 5.32 Å². The molecule has 1 atom stereocenters. The van der Waals surface area contributed by atoms with Gasteiger partial charge in [0, 0.05) is 6.54 Å². The SMILES string of the molecule is CN(Cc1ccccc1)[C@H](C(=O)NC(N)=O)c1ccccc1. The van der Waals surface area contributed by atoms with Crippen molar-refractivity contribution in [2.24, 2.45) is 5.73 Å². The van der Waals surface area contributed by atoms with E-state index in [9.17, 15) is 9.59 Å². The molecule has 5 heteroatoms. The summed E-state index contributed by atoms with van der Waals surface area (Å²) in [5.41, 5.74) is 6.96. The maximum atomic E-state index is 12.3. The van der Waals surface area contributed by atoms with E-state index in [0.29, 0.717) is 6.54 Å². The molecule has 0 bridgehead atoms. The Morgan fingerprint density at radius 2 is 1.59 bits per heavy atom.